The third-order valence-corrected chi connectivity index (χ3v) is 5.35. The number of rotatable bonds is 3. The molecular weight excluding hydrogens is 419 g/mol. The standard InChI is InChI=1S/C20H19ClF3N5O/c1-13-2-3-17-26-15(9-18(30)29(17)11-13)12-27-4-6-28(7-5-27)19-16(21)8-14(10-25-19)20(22,23)24/h2-3,8-11H,4-7,12H2,1H3. The first-order chi connectivity index (χ1) is 14.2. The van der Waals surface area contributed by atoms with E-state index in [-0.39, 0.29) is 10.6 Å². The van der Waals surface area contributed by atoms with Crippen LogP contribution in [0.5, 0.6) is 0 Å². The van der Waals surface area contributed by atoms with Gasteiger partial charge in [0.1, 0.15) is 11.5 Å². The van der Waals surface area contributed by atoms with Crippen molar-refractivity contribution in [3.05, 3.63) is 68.9 Å². The highest BCUT2D eigenvalue weighted by molar-refractivity contribution is 6.33. The predicted molar refractivity (Wildman–Crippen MR) is 108 cm³/mol. The summed E-state index contributed by atoms with van der Waals surface area (Å²) in [5.74, 6) is 0.349. The Labute approximate surface area is 175 Å². The lowest BCUT2D eigenvalue weighted by Crippen LogP contribution is -2.46. The molecule has 10 heteroatoms. The highest BCUT2D eigenvalue weighted by Gasteiger charge is 2.32. The molecular formula is C20H19ClF3N5O. The SMILES string of the molecule is Cc1ccc2nc(CN3CCN(c4ncc(C(F)(F)F)cc4Cl)CC3)cc(=O)n2c1. The van der Waals surface area contributed by atoms with Crippen molar-refractivity contribution in [2.75, 3.05) is 31.1 Å². The van der Waals surface area contributed by atoms with Gasteiger partial charge in [-0.25, -0.2) is 9.97 Å². The molecule has 0 atom stereocenters. The van der Waals surface area contributed by atoms with Crippen molar-refractivity contribution in [1.82, 2.24) is 19.3 Å². The van der Waals surface area contributed by atoms with E-state index < -0.39 is 11.7 Å². The minimum atomic E-state index is -4.47. The van der Waals surface area contributed by atoms with Crippen LogP contribution in [-0.2, 0) is 12.7 Å². The molecule has 1 saturated heterocycles. The van der Waals surface area contributed by atoms with E-state index in [0.717, 1.165) is 17.8 Å². The Kier molecular flexibility index (Phi) is 5.42. The van der Waals surface area contributed by atoms with Gasteiger partial charge in [-0.1, -0.05) is 17.7 Å². The minimum absolute atomic E-state index is 0.0159. The van der Waals surface area contributed by atoms with Gasteiger partial charge in [0, 0.05) is 51.2 Å². The lowest BCUT2D eigenvalue weighted by atomic mass is 10.2. The van der Waals surface area contributed by atoms with Crippen LogP contribution >= 0.6 is 11.6 Å². The molecule has 3 aromatic heterocycles. The molecule has 30 heavy (non-hydrogen) atoms. The first-order valence-corrected chi connectivity index (χ1v) is 9.77. The van der Waals surface area contributed by atoms with E-state index in [2.05, 4.69) is 14.9 Å². The number of halogens is 4. The predicted octanol–water partition coefficient (Wildman–Crippen LogP) is 3.39. The van der Waals surface area contributed by atoms with Crippen molar-refractivity contribution in [3.8, 4) is 0 Å². The normalized spacial score (nSPS) is 15.7. The van der Waals surface area contributed by atoms with Gasteiger partial charge in [-0.05, 0) is 24.6 Å². The lowest BCUT2D eigenvalue weighted by Gasteiger charge is -2.35. The Morgan fingerprint density at radius 3 is 2.53 bits per heavy atom. The van der Waals surface area contributed by atoms with Crippen LogP contribution in [0, 0.1) is 6.92 Å². The molecule has 0 radical (unpaired) electrons. The average Bonchev–Trinajstić information content (AvgIpc) is 2.69. The lowest BCUT2D eigenvalue weighted by molar-refractivity contribution is -0.137. The molecule has 0 saturated carbocycles. The first-order valence-electron chi connectivity index (χ1n) is 9.40. The van der Waals surface area contributed by atoms with E-state index in [9.17, 15) is 18.0 Å². The maximum atomic E-state index is 12.8. The van der Waals surface area contributed by atoms with Crippen molar-refractivity contribution in [2.24, 2.45) is 0 Å². The molecule has 0 aliphatic carbocycles. The number of anilines is 1. The Bertz CT molecular complexity index is 1140. The van der Waals surface area contributed by atoms with Crippen molar-refractivity contribution < 1.29 is 13.2 Å². The average molecular weight is 438 g/mol. The maximum Gasteiger partial charge on any atom is 0.417 e. The van der Waals surface area contributed by atoms with Crippen LogP contribution in [-0.4, -0.2) is 45.4 Å². The number of pyridine rings is 2. The number of hydrogen-bond donors (Lipinski definition) is 0. The summed E-state index contributed by atoms with van der Waals surface area (Å²) in [7, 11) is 0. The second-order valence-electron chi connectivity index (χ2n) is 7.31. The number of aryl methyl sites for hydroxylation is 1. The number of hydrogen-bond acceptors (Lipinski definition) is 5. The summed E-state index contributed by atoms with van der Waals surface area (Å²) in [4.78, 5) is 24.9. The Hall–Kier alpha value is -2.65. The summed E-state index contributed by atoms with van der Waals surface area (Å²) < 4.78 is 39.9. The third-order valence-electron chi connectivity index (χ3n) is 5.07. The topological polar surface area (TPSA) is 53.7 Å². The molecule has 4 rings (SSSR count). The fraction of sp³-hybridized carbons (Fsp3) is 0.350. The van der Waals surface area contributed by atoms with Gasteiger partial charge < -0.3 is 4.90 Å². The van der Waals surface area contributed by atoms with Crippen LogP contribution in [0.4, 0.5) is 19.0 Å². The quantitative estimate of drug-likeness (QED) is 0.628. The molecule has 0 spiro atoms. The number of fused-ring (bicyclic) bond motifs is 1. The van der Waals surface area contributed by atoms with Gasteiger partial charge in [0.2, 0.25) is 0 Å². The van der Waals surface area contributed by atoms with E-state index in [0.29, 0.717) is 49.9 Å². The molecule has 3 aromatic rings. The summed E-state index contributed by atoms with van der Waals surface area (Å²) in [6, 6.07) is 6.17. The van der Waals surface area contributed by atoms with Gasteiger partial charge in [-0.15, -0.1) is 0 Å². The van der Waals surface area contributed by atoms with Gasteiger partial charge in [-0.3, -0.25) is 14.1 Å². The Balaban J connectivity index is 1.43. The summed E-state index contributed by atoms with van der Waals surface area (Å²) in [5, 5.41) is -0.0159. The van der Waals surface area contributed by atoms with E-state index in [1.54, 1.807) is 6.20 Å². The second-order valence-corrected chi connectivity index (χ2v) is 7.72. The van der Waals surface area contributed by atoms with Crippen LogP contribution in [0.2, 0.25) is 5.02 Å². The fourth-order valence-electron chi connectivity index (χ4n) is 3.50. The van der Waals surface area contributed by atoms with Crippen LogP contribution in [0.3, 0.4) is 0 Å². The van der Waals surface area contributed by atoms with Crippen molar-refractivity contribution >= 4 is 23.1 Å². The van der Waals surface area contributed by atoms with Gasteiger partial charge in [-0.2, -0.15) is 13.2 Å². The summed E-state index contributed by atoms with van der Waals surface area (Å²) >= 11 is 6.05. The minimum Gasteiger partial charge on any atom is -0.353 e. The molecule has 6 nitrogen and oxygen atoms in total. The number of alkyl halides is 3. The second kappa shape index (κ2) is 7.88. The zero-order valence-electron chi connectivity index (χ0n) is 16.2. The van der Waals surface area contributed by atoms with E-state index >= 15 is 0 Å². The Morgan fingerprint density at radius 2 is 1.87 bits per heavy atom. The third kappa shape index (κ3) is 4.27. The highest BCUT2D eigenvalue weighted by atomic mass is 35.5. The van der Waals surface area contributed by atoms with Crippen LogP contribution < -0.4 is 10.5 Å². The van der Waals surface area contributed by atoms with Gasteiger partial charge in [0.05, 0.1) is 16.3 Å². The molecule has 4 heterocycles. The number of nitrogens with zero attached hydrogens (tertiary/aromatic N) is 5. The molecule has 1 aliphatic rings. The molecule has 1 aliphatic heterocycles. The molecule has 0 N–H and O–H groups in total. The molecule has 0 unspecified atom stereocenters. The fourth-order valence-corrected chi connectivity index (χ4v) is 3.79. The summed E-state index contributed by atoms with van der Waals surface area (Å²) in [5.41, 5.74) is 1.27. The maximum absolute atomic E-state index is 12.8. The van der Waals surface area contributed by atoms with Crippen molar-refractivity contribution in [3.63, 3.8) is 0 Å². The number of piperazine rings is 1. The molecule has 158 valence electrons. The monoisotopic (exact) mass is 437 g/mol. The van der Waals surface area contributed by atoms with Gasteiger partial charge in [0.25, 0.3) is 5.56 Å². The smallest absolute Gasteiger partial charge is 0.353 e. The largest absolute Gasteiger partial charge is 0.417 e. The zero-order chi connectivity index (χ0) is 21.5. The van der Waals surface area contributed by atoms with Crippen LogP contribution in [0.15, 0.2) is 41.5 Å². The van der Waals surface area contributed by atoms with Crippen LogP contribution in [0.1, 0.15) is 16.8 Å². The highest BCUT2D eigenvalue weighted by Crippen LogP contribution is 2.33. The van der Waals surface area contributed by atoms with Gasteiger partial charge >= 0.3 is 6.18 Å². The molecule has 0 amide bonds. The molecule has 0 aromatic carbocycles. The Morgan fingerprint density at radius 1 is 1.13 bits per heavy atom. The van der Waals surface area contributed by atoms with E-state index in [1.165, 1.54) is 10.5 Å². The van der Waals surface area contributed by atoms with Crippen LogP contribution in [0.25, 0.3) is 5.65 Å². The number of aromatic nitrogens is 3. The first kappa shape index (κ1) is 20.6. The van der Waals surface area contributed by atoms with Crippen molar-refractivity contribution in [2.45, 2.75) is 19.6 Å². The van der Waals surface area contributed by atoms with E-state index in [4.69, 9.17) is 11.6 Å². The summed E-state index contributed by atoms with van der Waals surface area (Å²) in [6.07, 6.45) is -1.91. The molecule has 0 bridgehead atoms. The van der Waals surface area contributed by atoms with E-state index in [1.807, 2.05) is 24.0 Å². The van der Waals surface area contributed by atoms with Crippen molar-refractivity contribution in [1.29, 1.82) is 0 Å². The molecule has 1 fully saturated rings. The zero-order valence-corrected chi connectivity index (χ0v) is 16.9. The van der Waals surface area contributed by atoms with Gasteiger partial charge in [0.15, 0.2) is 0 Å². The summed E-state index contributed by atoms with van der Waals surface area (Å²) in [6.45, 7) is 4.84.